The number of benzene rings is 1. The van der Waals surface area contributed by atoms with Crippen molar-refractivity contribution < 1.29 is 18.3 Å². The Balaban J connectivity index is 3.13. The van der Waals surface area contributed by atoms with Crippen molar-refractivity contribution in [2.45, 2.75) is 37.9 Å². The second-order valence-corrected chi connectivity index (χ2v) is 7.74. The minimum absolute atomic E-state index is 0.155. The van der Waals surface area contributed by atoms with Crippen molar-refractivity contribution in [2.75, 3.05) is 13.7 Å². The lowest BCUT2D eigenvalue weighted by Gasteiger charge is -2.23. The van der Waals surface area contributed by atoms with Gasteiger partial charge < -0.3 is 9.84 Å². The van der Waals surface area contributed by atoms with E-state index in [1.165, 1.54) is 13.2 Å². The second kappa shape index (κ2) is 6.53. The van der Waals surface area contributed by atoms with Gasteiger partial charge in [0, 0.05) is 18.1 Å². The number of sulfonamides is 1. The molecule has 0 aliphatic carbocycles. The van der Waals surface area contributed by atoms with Crippen molar-refractivity contribution in [3.8, 4) is 0 Å². The molecule has 0 bridgehead atoms. The number of ether oxygens (including phenoxy) is 1. The number of aliphatic hydroxyl groups is 1. The predicted octanol–water partition coefficient (Wildman–Crippen LogP) is 1.95. The van der Waals surface area contributed by atoms with Crippen LogP contribution in [-0.2, 0) is 21.4 Å². The Morgan fingerprint density at radius 3 is 2.50 bits per heavy atom. The van der Waals surface area contributed by atoms with Crippen LogP contribution in [0.4, 0.5) is 0 Å². The maximum atomic E-state index is 12.4. The zero-order chi connectivity index (χ0) is 15.6. The Morgan fingerprint density at radius 2 is 2.00 bits per heavy atom. The number of hydrogen-bond donors (Lipinski definition) is 2. The number of aliphatic hydroxyl groups excluding tert-OH is 1. The maximum absolute atomic E-state index is 12.4. The standard InChI is InChI=1S/C13H20BrNO4S/c1-9-11(14)5-10(7-16)6-12(9)20(17,18)15-8-13(2,3)19-4/h5-6,15-16H,7-8H2,1-4H3. The van der Waals surface area contributed by atoms with Crippen LogP contribution in [0.3, 0.4) is 0 Å². The Labute approximate surface area is 128 Å². The summed E-state index contributed by atoms with van der Waals surface area (Å²) in [5.41, 5.74) is 0.547. The average molecular weight is 366 g/mol. The van der Waals surface area contributed by atoms with Crippen LogP contribution < -0.4 is 4.72 Å². The largest absolute Gasteiger partial charge is 0.392 e. The van der Waals surface area contributed by atoms with Crippen LogP contribution in [-0.4, -0.2) is 32.8 Å². The summed E-state index contributed by atoms with van der Waals surface area (Å²) in [6.45, 7) is 5.24. The first-order valence-corrected chi connectivity index (χ1v) is 8.35. The number of rotatable bonds is 6. The van der Waals surface area contributed by atoms with Crippen molar-refractivity contribution in [1.29, 1.82) is 0 Å². The van der Waals surface area contributed by atoms with Gasteiger partial charge in [-0.3, -0.25) is 0 Å². The van der Waals surface area contributed by atoms with Gasteiger partial charge in [-0.2, -0.15) is 0 Å². The zero-order valence-electron chi connectivity index (χ0n) is 12.0. The summed E-state index contributed by atoms with van der Waals surface area (Å²) in [7, 11) is -2.13. The normalized spacial score (nSPS) is 12.7. The van der Waals surface area contributed by atoms with Crippen LogP contribution in [0.2, 0.25) is 0 Å². The van der Waals surface area contributed by atoms with Crippen LogP contribution in [0.1, 0.15) is 25.0 Å². The van der Waals surface area contributed by atoms with E-state index in [9.17, 15) is 13.5 Å². The van der Waals surface area contributed by atoms with Crippen molar-refractivity contribution in [2.24, 2.45) is 0 Å². The molecule has 2 N–H and O–H groups in total. The molecule has 0 spiro atoms. The van der Waals surface area contributed by atoms with Gasteiger partial charge in [-0.05, 0) is 44.0 Å². The molecule has 0 atom stereocenters. The molecule has 7 heteroatoms. The van der Waals surface area contributed by atoms with E-state index in [0.29, 0.717) is 15.6 Å². The second-order valence-electron chi connectivity index (χ2n) is 5.15. The molecule has 0 aliphatic rings. The fraction of sp³-hybridized carbons (Fsp3) is 0.538. The Hall–Kier alpha value is -0.470. The van der Waals surface area contributed by atoms with E-state index in [-0.39, 0.29) is 18.0 Å². The smallest absolute Gasteiger partial charge is 0.240 e. The van der Waals surface area contributed by atoms with Gasteiger partial charge in [-0.1, -0.05) is 15.9 Å². The molecule has 0 fully saturated rings. The highest BCUT2D eigenvalue weighted by atomic mass is 79.9. The lowest BCUT2D eigenvalue weighted by atomic mass is 10.1. The van der Waals surface area contributed by atoms with Gasteiger partial charge >= 0.3 is 0 Å². The first-order chi connectivity index (χ1) is 9.13. The van der Waals surface area contributed by atoms with Crippen LogP contribution in [0.15, 0.2) is 21.5 Å². The molecule has 114 valence electrons. The summed E-state index contributed by atoms with van der Waals surface area (Å²) >= 11 is 3.31. The fourth-order valence-electron chi connectivity index (χ4n) is 1.50. The minimum Gasteiger partial charge on any atom is -0.392 e. The number of methoxy groups -OCH3 is 1. The number of halogens is 1. The monoisotopic (exact) mass is 365 g/mol. The van der Waals surface area contributed by atoms with Crippen LogP contribution >= 0.6 is 15.9 Å². The van der Waals surface area contributed by atoms with Gasteiger partial charge in [-0.25, -0.2) is 13.1 Å². The van der Waals surface area contributed by atoms with Crippen molar-refractivity contribution in [3.63, 3.8) is 0 Å². The van der Waals surface area contributed by atoms with Crippen molar-refractivity contribution in [3.05, 3.63) is 27.7 Å². The van der Waals surface area contributed by atoms with Crippen LogP contribution in [0.25, 0.3) is 0 Å². The van der Waals surface area contributed by atoms with Crippen LogP contribution in [0, 0.1) is 6.92 Å². The third kappa shape index (κ3) is 4.26. The molecule has 0 heterocycles. The highest BCUT2D eigenvalue weighted by molar-refractivity contribution is 9.10. The Kier molecular flexibility index (Phi) is 5.74. The van der Waals surface area contributed by atoms with E-state index in [0.717, 1.165) is 0 Å². The number of nitrogens with one attached hydrogen (secondary N) is 1. The summed E-state index contributed by atoms with van der Waals surface area (Å²) in [6.07, 6.45) is 0. The van der Waals surface area contributed by atoms with E-state index in [1.54, 1.807) is 26.8 Å². The van der Waals surface area contributed by atoms with Gasteiger partial charge in [0.25, 0.3) is 0 Å². The summed E-state index contributed by atoms with van der Waals surface area (Å²) in [5.74, 6) is 0. The summed E-state index contributed by atoms with van der Waals surface area (Å²) in [4.78, 5) is 0.155. The molecule has 0 saturated heterocycles. The maximum Gasteiger partial charge on any atom is 0.240 e. The lowest BCUT2D eigenvalue weighted by Crippen LogP contribution is -2.39. The highest BCUT2D eigenvalue weighted by Gasteiger charge is 2.24. The van der Waals surface area contributed by atoms with E-state index < -0.39 is 15.6 Å². The molecule has 1 aromatic rings. The molecule has 0 aromatic heterocycles. The molecular weight excluding hydrogens is 346 g/mol. The average Bonchev–Trinajstić information content (AvgIpc) is 2.39. The molecule has 0 unspecified atom stereocenters. The van der Waals surface area contributed by atoms with Crippen LogP contribution in [0.5, 0.6) is 0 Å². The van der Waals surface area contributed by atoms with Gasteiger partial charge in [-0.15, -0.1) is 0 Å². The molecule has 1 aromatic carbocycles. The fourth-order valence-corrected chi connectivity index (χ4v) is 3.65. The van der Waals surface area contributed by atoms with E-state index in [2.05, 4.69) is 20.7 Å². The molecule has 5 nitrogen and oxygen atoms in total. The van der Waals surface area contributed by atoms with Gasteiger partial charge in [0.05, 0.1) is 17.1 Å². The van der Waals surface area contributed by atoms with Gasteiger partial charge in [0.2, 0.25) is 10.0 Å². The van der Waals surface area contributed by atoms with Gasteiger partial charge in [0.1, 0.15) is 0 Å². The topological polar surface area (TPSA) is 75.6 Å². The summed E-state index contributed by atoms with van der Waals surface area (Å²) in [5, 5.41) is 9.18. The molecule has 20 heavy (non-hydrogen) atoms. The number of hydrogen-bond acceptors (Lipinski definition) is 4. The molecule has 1 rings (SSSR count). The molecule has 0 radical (unpaired) electrons. The van der Waals surface area contributed by atoms with E-state index in [1.807, 2.05) is 0 Å². The minimum atomic E-state index is -3.66. The Bertz CT molecular complexity index is 584. The van der Waals surface area contributed by atoms with Crippen molar-refractivity contribution >= 4 is 26.0 Å². The predicted molar refractivity (Wildman–Crippen MR) is 81.1 cm³/mol. The lowest BCUT2D eigenvalue weighted by molar-refractivity contribution is 0.0276. The molecule has 0 saturated carbocycles. The molecule has 0 aliphatic heterocycles. The first kappa shape index (κ1) is 17.6. The zero-order valence-corrected chi connectivity index (χ0v) is 14.4. The third-order valence-electron chi connectivity index (χ3n) is 3.07. The first-order valence-electron chi connectivity index (χ1n) is 6.07. The quantitative estimate of drug-likeness (QED) is 0.807. The Morgan fingerprint density at radius 1 is 1.40 bits per heavy atom. The summed E-state index contributed by atoms with van der Waals surface area (Å²) < 4.78 is 33.1. The molecular formula is C13H20BrNO4S. The van der Waals surface area contributed by atoms with E-state index >= 15 is 0 Å². The summed E-state index contributed by atoms with van der Waals surface area (Å²) in [6, 6.07) is 3.18. The highest BCUT2D eigenvalue weighted by Crippen LogP contribution is 2.26. The SMILES string of the molecule is COC(C)(C)CNS(=O)(=O)c1cc(CO)cc(Br)c1C. The third-order valence-corrected chi connectivity index (χ3v) is 5.42. The van der Waals surface area contributed by atoms with Crippen molar-refractivity contribution in [1.82, 2.24) is 4.72 Å². The van der Waals surface area contributed by atoms with Gasteiger partial charge in [0.15, 0.2) is 0 Å². The van der Waals surface area contributed by atoms with E-state index in [4.69, 9.17) is 4.74 Å². The molecule has 0 amide bonds.